The first-order chi connectivity index (χ1) is 11.5. The molecular weight excluding hydrogens is 300 g/mol. The summed E-state index contributed by atoms with van der Waals surface area (Å²) >= 11 is 0. The Morgan fingerprint density at radius 3 is 2.67 bits per heavy atom. The molecule has 24 heavy (non-hydrogen) atoms. The van der Waals surface area contributed by atoms with Gasteiger partial charge in [0.05, 0.1) is 18.0 Å². The van der Waals surface area contributed by atoms with Gasteiger partial charge in [-0.3, -0.25) is 4.40 Å². The Labute approximate surface area is 142 Å². The van der Waals surface area contributed by atoms with Crippen LogP contribution in [-0.4, -0.2) is 19.5 Å². The van der Waals surface area contributed by atoms with Crippen molar-refractivity contribution in [3.8, 4) is 0 Å². The van der Waals surface area contributed by atoms with Gasteiger partial charge in [0.1, 0.15) is 0 Å². The number of aliphatic hydroxyl groups excluding tert-OH is 1. The molecule has 0 saturated heterocycles. The molecule has 0 bridgehead atoms. The predicted molar refractivity (Wildman–Crippen MR) is 96.3 cm³/mol. The Bertz CT molecular complexity index is 883. The maximum absolute atomic E-state index is 9.51. The fraction of sp³-hybridized carbons (Fsp3) is 0.368. The number of hydrogen-bond donors (Lipinski definition) is 2. The van der Waals surface area contributed by atoms with Crippen molar-refractivity contribution in [3.05, 3.63) is 58.2 Å². The Kier molecular flexibility index (Phi) is 4.53. The van der Waals surface area contributed by atoms with Crippen LogP contribution >= 0.6 is 0 Å². The standard InChI is InChI=1S/C19H24N4O/c1-5-15-8-6-7-12(2)17(15)9-20-18-19-21-13(3)14(4)23(19)10-16(11-24)22-18/h6-8,10,24H,5,9,11H2,1-4H3,(H,20,22). The molecule has 2 heterocycles. The molecule has 2 N–H and O–H groups in total. The first-order valence-electron chi connectivity index (χ1n) is 8.32. The molecule has 3 aromatic rings. The van der Waals surface area contributed by atoms with Crippen molar-refractivity contribution in [2.75, 3.05) is 5.32 Å². The quantitative estimate of drug-likeness (QED) is 0.756. The zero-order chi connectivity index (χ0) is 17.3. The number of anilines is 1. The van der Waals surface area contributed by atoms with E-state index in [1.165, 1.54) is 16.7 Å². The minimum atomic E-state index is -0.0914. The van der Waals surface area contributed by atoms with Crippen LogP contribution < -0.4 is 5.32 Å². The Morgan fingerprint density at radius 1 is 1.17 bits per heavy atom. The van der Waals surface area contributed by atoms with E-state index in [4.69, 9.17) is 0 Å². The second-order valence-corrected chi connectivity index (χ2v) is 6.13. The largest absolute Gasteiger partial charge is 0.390 e. The number of aromatic nitrogens is 3. The molecule has 0 aliphatic rings. The van der Waals surface area contributed by atoms with Gasteiger partial charge in [0.25, 0.3) is 0 Å². The van der Waals surface area contributed by atoms with Crippen LogP contribution in [0.3, 0.4) is 0 Å². The van der Waals surface area contributed by atoms with E-state index in [1.807, 2.05) is 24.4 Å². The van der Waals surface area contributed by atoms with Gasteiger partial charge in [-0.05, 0) is 43.9 Å². The normalized spacial score (nSPS) is 11.2. The molecule has 5 nitrogen and oxygen atoms in total. The number of aryl methyl sites for hydroxylation is 4. The third-order valence-corrected chi connectivity index (χ3v) is 4.61. The molecular formula is C19H24N4O. The van der Waals surface area contributed by atoms with E-state index in [2.05, 4.69) is 47.3 Å². The number of fused-ring (bicyclic) bond motifs is 1. The molecule has 5 heteroatoms. The summed E-state index contributed by atoms with van der Waals surface area (Å²) in [6, 6.07) is 6.40. The Hall–Kier alpha value is -2.40. The fourth-order valence-corrected chi connectivity index (χ4v) is 3.04. The summed E-state index contributed by atoms with van der Waals surface area (Å²) in [5.74, 6) is 0.711. The molecule has 1 aromatic carbocycles. The minimum Gasteiger partial charge on any atom is -0.390 e. The molecule has 0 fully saturated rings. The van der Waals surface area contributed by atoms with Crippen LogP contribution in [0.2, 0.25) is 0 Å². The summed E-state index contributed by atoms with van der Waals surface area (Å²) in [4.78, 5) is 9.15. The number of aliphatic hydroxyl groups is 1. The topological polar surface area (TPSA) is 62.5 Å². The van der Waals surface area contributed by atoms with Gasteiger partial charge in [0.15, 0.2) is 11.5 Å². The maximum atomic E-state index is 9.51. The summed E-state index contributed by atoms with van der Waals surface area (Å²) in [6.07, 6.45) is 2.85. The maximum Gasteiger partial charge on any atom is 0.180 e. The first kappa shape index (κ1) is 16.5. The highest BCUT2D eigenvalue weighted by Gasteiger charge is 2.13. The van der Waals surface area contributed by atoms with Gasteiger partial charge in [-0.2, -0.15) is 0 Å². The highest BCUT2D eigenvalue weighted by molar-refractivity contribution is 5.64. The van der Waals surface area contributed by atoms with E-state index < -0.39 is 0 Å². The van der Waals surface area contributed by atoms with Crippen molar-refractivity contribution in [1.82, 2.24) is 14.4 Å². The highest BCUT2D eigenvalue weighted by Crippen LogP contribution is 2.21. The van der Waals surface area contributed by atoms with Crippen LogP contribution in [-0.2, 0) is 19.6 Å². The van der Waals surface area contributed by atoms with Crippen LogP contribution in [0.5, 0.6) is 0 Å². The van der Waals surface area contributed by atoms with E-state index in [-0.39, 0.29) is 6.61 Å². The molecule has 0 atom stereocenters. The van der Waals surface area contributed by atoms with Crippen LogP contribution in [0, 0.1) is 20.8 Å². The summed E-state index contributed by atoms with van der Waals surface area (Å²) in [5, 5.41) is 12.9. The van der Waals surface area contributed by atoms with Gasteiger partial charge < -0.3 is 10.4 Å². The van der Waals surface area contributed by atoms with Gasteiger partial charge in [0.2, 0.25) is 0 Å². The average molecular weight is 324 g/mol. The third kappa shape index (κ3) is 2.87. The molecule has 3 rings (SSSR count). The first-order valence-corrected chi connectivity index (χ1v) is 8.32. The number of benzene rings is 1. The van der Waals surface area contributed by atoms with Crippen LogP contribution in [0.25, 0.3) is 5.65 Å². The lowest BCUT2D eigenvalue weighted by atomic mass is 10.00. The second kappa shape index (κ2) is 6.61. The lowest BCUT2D eigenvalue weighted by molar-refractivity contribution is 0.276. The van der Waals surface area contributed by atoms with Gasteiger partial charge in [0, 0.05) is 18.4 Å². The van der Waals surface area contributed by atoms with E-state index in [0.717, 1.165) is 23.5 Å². The summed E-state index contributed by atoms with van der Waals surface area (Å²) in [7, 11) is 0. The van der Waals surface area contributed by atoms with Gasteiger partial charge in [-0.15, -0.1) is 0 Å². The summed E-state index contributed by atoms with van der Waals surface area (Å²) in [6.45, 7) is 8.91. The SMILES string of the molecule is CCc1cccc(C)c1CNc1nc(CO)cn2c(C)c(C)nc12. The smallest absolute Gasteiger partial charge is 0.180 e. The Morgan fingerprint density at radius 2 is 1.96 bits per heavy atom. The number of rotatable bonds is 5. The van der Waals surface area contributed by atoms with E-state index >= 15 is 0 Å². The minimum absolute atomic E-state index is 0.0914. The molecule has 126 valence electrons. The molecule has 2 aromatic heterocycles. The summed E-state index contributed by atoms with van der Waals surface area (Å²) < 4.78 is 1.99. The molecule has 0 spiro atoms. The number of hydrogen-bond acceptors (Lipinski definition) is 4. The van der Waals surface area contributed by atoms with E-state index in [1.54, 1.807) is 0 Å². The van der Waals surface area contributed by atoms with Crippen molar-refractivity contribution in [3.63, 3.8) is 0 Å². The highest BCUT2D eigenvalue weighted by atomic mass is 16.3. The molecule has 0 amide bonds. The van der Waals surface area contributed by atoms with E-state index in [9.17, 15) is 5.11 Å². The van der Waals surface area contributed by atoms with Crippen molar-refractivity contribution >= 4 is 11.5 Å². The number of nitrogens with one attached hydrogen (secondary N) is 1. The lowest BCUT2D eigenvalue weighted by Gasteiger charge is -2.14. The van der Waals surface area contributed by atoms with Gasteiger partial charge in [-0.25, -0.2) is 9.97 Å². The zero-order valence-electron chi connectivity index (χ0n) is 14.7. The van der Waals surface area contributed by atoms with Gasteiger partial charge >= 0.3 is 0 Å². The molecule has 0 radical (unpaired) electrons. The Balaban J connectivity index is 2.00. The monoisotopic (exact) mass is 324 g/mol. The fourth-order valence-electron chi connectivity index (χ4n) is 3.04. The summed E-state index contributed by atoms with van der Waals surface area (Å²) in [5.41, 5.74) is 7.38. The van der Waals surface area contributed by atoms with E-state index in [0.29, 0.717) is 18.1 Å². The zero-order valence-corrected chi connectivity index (χ0v) is 14.7. The second-order valence-electron chi connectivity index (χ2n) is 6.13. The molecule has 0 aliphatic heterocycles. The van der Waals surface area contributed by atoms with Crippen molar-refractivity contribution in [2.45, 2.75) is 47.3 Å². The molecule has 0 aliphatic carbocycles. The molecule has 0 saturated carbocycles. The van der Waals surface area contributed by atoms with Crippen LogP contribution in [0.4, 0.5) is 5.82 Å². The number of nitrogens with zero attached hydrogens (tertiary/aromatic N) is 3. The average Bonchev–Trinajstić information content (AvgIpc) is 2.88. The predicted octanol–water partition coefficient (Wildman–Crippen LogP) is 3.32. The third-order valence-electron chi connectivity index (χ3n) is 4.61. The van der Waals surface area contributed by atoms with Crippen LogP contribution in [0.1, 0.15) is 40.7 Å². The van der Waals surface area contributed by atoms with Crippen molar-refractivity contribution in [2.24, 2.45) is 0 Å². The lowest BCUT2D eigenvalue weighted by Crippen LogP contribution is -2.09. The molecule has 0 unspecified atom stereocenters. The van der Waals surface area contributed by atoms with Crippen molar-refractivity contribution in [1.29, 1.82) is 0 Å². The van der Waals surface area contributed by atoms with Gasteiger partial charge in [-0.1, -0.05) is 25.1 Å². The van der Waals surface area contributed by atoms with Crippen LogP contribution in [0.15, 0.2) is 24.4 Å². The van der Waals surface area contributed by atoms with Crippen molar-refractivity contribution < 1.29 is 5.11 Å². The number of imidazole rings is 1.